The van der Waals surface area contributed by atoms with E-state index in [1.54, 1.807) is 31.2 Å². The number of aromatic hydroxyl groups is 1. The average molecular weight is 244 g/mol. The van der Waals surface area contributed by atoms with Gasteiger partial charge in [0.05, 0.1) is 0 Å². The molecule has 2 rings (SSSR count). The molecule has 0 heterocycles. The van der Waals surface area contributed by atoms with Crippen LogP contribution in [0.4, 0.5) is 0 Å². The van der Waals surface area contributed by atoms with Crippen LogP contribution in [0.5, 0.6) is 11.5 Å². The lowest BCUT2D eigenvalue weighted by molar-refractivity contribution is 0.0452. The SMILES string of the molecule is C[C@H](Oc1ccccc1O)[C@H](O)c1ccccc1. The number of ether oxygens (including phenoxy) is 1. The van der Waals surface area contributed by atoms with E-state index in [1.165, 1.54) is 0 Å². The number of phenolic OH excluding ortho intramolecular Hbond substituents is 1. The van der Waals surface area contributed by atoms with Crippen molar-refractivity contribution in [3.05, 3.63) is 60.2 Å². The van der Waals surface area contributed by atoms with E-state index in [4.69, 9.17) is 4.74 Å². The van der Waals surface area contributed by atoms with Crippen molar-refractivity contribution in [1.29, 1.82) is 0 Å². The Kier molecular flexibility index (Phi) is 3.85. The molecule has 0 aromatic heterocycles. The number of hydrogen-bond donors (Lipinski definition) is 2. The highest BCUT2D eigenvalue weighted by molar-refractivity contribution is 5.38. The van der Waals surface area contributed by atoms with Gasteiger partial charge in [-0.15, -0.1) is 0 Å². The number of phenols is 1. The number of aliphatic hydroxyl groups excluding tert-OH is 1. The Hall–Kier alpha value is -2.00. The molecule has 2 aromatic carbocycles. The summed E-state index contributed by atoms with van der Waals surface area (Å²) in [6.07, 6.45) is -1.17. The van der Waals surface area contributed by atoms with Gasteiger partial charge in [0.15, 0.2) is 11.5 Å². The van der Waals surface area contributed by atoms with E-state index in [2.05, 4.69) is 0 Å². The minimum Gasteiger partial charge on any atom is -0.504 e. The van der Waals surface area contributed by atoms with Crippen molar-refractivity contribution in [3.63, 3.8) is 0 Å². The summed E-state index contributed by atoms with van der Waals surface area (Å²) in [6, 6.07) is 16.0. The molecule has 0 amide bonds. The molecule has 3 heteroatoms. The van der Waals surface area contributed by atoms with Gasteiger partial charge in [0, 0.05) is 0 Å². The van der Waals surface area contributed by atoms with E-state index in [0.29, 0.717) is 5.75 Å². The fourth-order valence-electron chi connectivity index (χ4n) is 1.74. The first-order valence-corrected chi connectivity index (χ1v) is 5.86. The molecule has 0 saturated carbocycles. The van der Waals surface area contributed by atoms with Gasteiger partial charge in [0.2, 0.25) is 0 Å². The highest BCUT2D eigenvalue weighted by Crippen LogP contribution is 2.28. The molecule has 0 aliphatic rings. The minimum absolute atomic E-state index is 0.0737. The van der Waals surface area contributed by atoms with Crippen LogP contribution < -0.4 is 4.74 Å². The van der Waals surface area contributed by atoms with Crippen molar-refractivity contribution in [3.8, 4) is 11.5 Å². The van der Waals surface area contributed by atoms with Crippen molar-refractivity contribution in [1.82, 2.24) is 0 Å². The summed E-state index contributed by atoms with van der Waals surface area (Å²) in [7, 11) is 0. The molecule has 2 aromatic rings. The zero-order valence-corrected chi connectivity index (χ0v) is 10.2. The summed E-state index contributed by atoms with van der Waals surface area (Å²) in [4.78, 5) is 0. The summed E-state index contributed by atoms with van der Waals surface area (Å²) in [5, 5.41) is 19.7. The fraction of sp³-hybridized carbons (Fsp3) is 0.200. The second-order valence-electron chi connectivity index (χ2n) is 4.15. The van der Waals surface area contributed by atoms with Crippen molar-refractivity contribution in [2.75, 3.05) is 0 Å². The summed E-state index contributed by atoms with van der Waals surface area (Å²) in [5.41, 5.74) is 0.792. The number of benzene rings is 2. The van der Waals surface area contributed by atoms with Crippen LogP contribution in [0.1, 0.15) is 18.6 Å². The van der Waals surface area contributed by atoms with Gasteiger partial charge in [-0.25, -0.2) is 0 Å². The third-order valence-electron chi connectivity index (χ3n) is 2.76. The topological polar surface area (TPSA) is 49.7 Å². The van der Waals surface area contributed by atoms with E-state index in [1.807, 2.05) is 30.3 Å². The number of para-hydroxylation sites is 2. The van der Waals surface area contributed by atoms with Crippen LogP contribution in [0, 0.1) is 0 Å². The minimum atomic E-state index is -0.731. The van der Waals surface area contributed by atoms with Gasteiger partial charge in [-0.3, -0.25) is 0 Å². The first kappa shape index (κ1) is 12.5. The molecule has 0 spiro atoms. The predicted octanol–water partition coefficient (Wildman–Crippen LogP) is 2.89. The highest BCUT2D eigenvalue weighted by atomic mass is 16.5. The third-order valence-corrected chi connectivity index (χ3v) is 2.76. The maximum absolute atomic E-state index is 10.1. The van der Waals surface area contributed by atoms with Gasteiger partial charge in [-0.05, 0) is 24.6 Å². The normalized spacial score (nSPS) is 13.9. The molecule has 0 aliphatic carbocycles. The first-order chi connectivity index (χ1) is 8.68. The van der Waals surface area contributed by atoms with Gasteiger partial charge >= 0.3 is 0 Å². The molecule has 0 unspecified atom stereocenters. The Balaban J connectivity index is 2.09. The standard InChI is InChI=1S/C15H16O3/c1-11(15(17)12-7-3-2-4-8-12)18-14-10-6-5-9-13(14)16/h2-11,15-17H,1H3/t11-,15-/m0/s1. The summed E-state index contributed by atoms with van der Waals surface area (Å²) < 4.78 is 5.56. The molecule has 0 bridgehead atoms. The van der Waals surface area contributed by atoms with Crippen LogP contribution in [0.3, 0.4) is 0 Å². The lowest BCUT2D eigenvalue weighted by atomic mass is 10.1. The number of aliphatic hydroxyl groups is 1. The van der Waals surface area contributed by atoms with Crippen LogP contribution in [0.2, 0.25) is 0 Å². The largest absolute Gasteiger partial charge is 0.504 e. The zero-order chi connectivity index (χ0) is 13.0. The maximum Gasteiger partial charge on any atom is 0.161 e. The van der Waals surface area contributed by atoms with Crippen LogP contribution >= 0.6 is 0 Å². The van der Waals surface area contributed by atoms with E-state index < -0.39 is 12.2 Å². The third kappa shape index (κ3) is 2.81. The van der Waals surface area contributed by atoms with Crippen molar-refractivity contribution >= 4 is 0 Å². The van der Waals surface area contributed by atoms with Gasteiger partial charge in [0.1, 0.15) is 12.2 Å². The number of rotatable bonds is 4. The van der Waals surface area contributed by atoms with Crippen molar-refractivity contribution in [2.24, 2.45) is 0 Å². The Morgan fingerprint density at radius 1 is 0.944 bits per heavy atom. The molecule has 2 atom stereocenters. The first-order valence-electron chi connectivity index (χ1n) is 5.86. The summed E-state index contributed by atoms with van der Waals surface area (Å²) in [5.74, 6) is 0.449. The molecule has 18 heavy (non-hydrogen) atoms. The predicted molar refractivity (Wildman–Crippen MR) is 69.6 cm³/mol. The van der Waals surface area contributed by atoms with Crippen molar-refractivity contribution in [2.45, 2.75) is 19.1 Å². The molecule has 2 N–H and O–H groups in total. The zero-order valence-electron chi connectivity index (χ0n) is 10.2. The van der Waals surface area contributed by atoms with Crippen LogP contribution in [0.15, 0.2) is 54.6 Å². The van der Waals surface area contributed by atoms with Crippen LogP contribution in [-0.2, 0) is 0 Å². The van der Waals surface area contributed by atoms with E-state index in [0.717, 1.165) is 5.56 Å². The smallest absolute Gasteiger partial charge is 0.161 e. The van der Waals surface area contributed by atoms with E-state index in [9.17, 15) is 10.2 Å². The van der Waals surface area contributed by atoms with Gasteiger partial charge in [-0.1, -0.05) is 42.5 Å². The Labute approximate surface area is 106 Å². The van der Waals surface area contributed by atoms with E-state index in [-0.39, 0.29) is 5.75 Å². The Morgan fingerprint density at radius 3 is 2.22 bits per heavy atom. The summed E-state index contributed by atoms with van der Waals surface area (Å²) in [6.45, 7) is 1.77. The lowest BCUT2D eigenvalue weighted by Gasteiger charge is -2.21. The molecule has 0 saturated heterocycles. The molecule has 0 radical (unpaired) electrons. The quantitative estimate of drug-likeness (QED) is 0.869. The Bertz CT molecular complexity index is 496. The average Bonchev–Trinajstić information content (AvgIpc) is 2.41. The van der Waals surface area contributed by atoms with Crippen molar-refractivity contribution < 1.29 is 14.9 Å². The van der Waals surface area contributed by atoms with Gasteiger partial charge in [-0.2, -0.15) is 0 Å². The molecular weight excluding hydrogens is 228 g/mol. The van der Waals surface area contributed by atoms with Crippen LogP contribution in [0.25, 0.3) is 0 Å². The van der Waals surface area contributed by atoms with E-state index >= 15 is 0 Å². The molecular formula is C15H16O3. The molecule has 0 aliphatic heterocycles. The monoisotopic (exact) mass is 244 g/mol. The lowest BCUT2D eigenvalue weighted by Crippen LogP contribution is -2.21. The van der Waals surface area contributed by atoms with Gasteiger partial charge in [0.25, 0.3) is 0 Å². The molecule has 94 valence electrons. The highest BCUT2D eigenvalue weighted by Gasteiger charge is 2.18. The maximum atomic E-state index is 10.1. The number of hydrogen-bond acceptors (Lipinski definition) is 3. The molecule has 0 fully saturated rings. The van der Waals surface area contributed by atoms with Gasteiger partial charge < -0.3 is 14.9 Å². The Morgan fingerprint density at radius 2 is 1.56 bits per heavy atom. The fourth-order valence-corrected chi connectivity index (χ4v) is 1.74. The second kappa shape index (κ2) is 5.56. The second-order valence-corrected chi connectivity index (χ2v) is 4.15. The summed E-state index contributed by atoms with van der Waals surface area (Å²) >= 11 is 0. The van der Waals surface area contributed by atoms with Crippen LogP contribution in [-0.4, -0.2) is 16.3 Å². The molecule has 3 nitrogen and oxygen atoms in total.